The number of nitrogens with one attached hydrogen (secondary N) is 3. The first-order chi connectivity index (χ1) is 14.0. The van der Waals surface area contributed by atoms with Gasteiger partial charge in [-0.05, 0) is 26.2 Å². The first kappa shape index (κ1) is 26.6. The van der Waals surface area contributed by atoms with Gasteiger partial charge in [0.15, 0.2) is 5.96 Å². The minimum absolute atomic E-state index is 0.000407. The van der Waals surface area contributed by atoms with Crippen LogP contribution in [-0.2, 0) is 24.0 Å². The van der Waals surface area contributed by atoms with Crippen LogP contribution in [0.4, 0.5) is 0 Å². The molecule has 0 spiro atoms. The number of carbonyl (C=O) groups excluding carboxylic acids is 3. The van der Waals surface area contributed by atoms with Crippen molar-refractivity contribution in [1.82, 2.24) is 16.0 Å². The van der Waals surface area contributed by atoms with Crippen LogP contribution < -0.4 is 33.2 Å². The molecule has 3 atom stereocenters. The number of carbonyl (C=O) groups is 5. The zero-order valence-corrected chi connectivity index (χ0v) is 16.6. The highest BCUT2D eigenvalue weighted by atomic mass is 16.4. The third-order valence-electron chi connectivity index (χ3n) is 3.80. The van der Waals surface area contributed by atoms with Gasteiger partial charge in [0, 0.05) is 13.0 Å². The lowest BCUT2D eigenvalue weighted by Crippen LogP contribution is -2.55. The maximum Gasteiger partial charge on any atom is 0.326 e. The molecule has 0 heterocycles. The van der Waals surface area contributed by atoms with Crippen LogP contribution in [-0.4, -0.2) is 77.0 Å². The molecule has 11 N–H and O–H groups in total. The van der Waals surface area contributed by atoms with Crippen molar-refractivity contribution in [1.29, 1.82) is 0 Å². The topological polar surface area (TPSA) is 252 Å². The molecule has 3 unspecified atom stereocenters. The second-order valence-corrected chi connectivity index (χ2v) is 6.34. The molecule has 0 aliphatic heterocycles. The number of nitrogens with zero attached hydrogens (tertiary/aromatic N) is 1. The fourth-order valence-electron chi connectivity index (χ4n) is 2.23. The minimum atomic E-state index is -1.33. The summed E-state index contributed by atoms with van der Waals surface area (Å²) in [6.45, 7) is 1.15. The molecule has 0 aromatic rings. The Morgan fingerprint density at radius 1 is 0.933 bits per heavy atom. The van der Waals surface area contributed by atoms with E-state index in [1.165, 1.54) is 6.92 Å². The molecule has 0 aliphatic rings. The number of rotatable bonds is 14. The Labute approximate surface area is 172 Å². The summed E-state index contributed by atoms with van der Waals surface area (Å²) >= 11 is 0. The van der Waals surface area contributed by atoms with Crippen LogP contribution in [0.5, 0.6) is 0 Å². The average Bonchev–Trinajstić information content (AvgIpc) is 2.66. The molecule has 14 heteroatoms. The van der Waals surface area contributed by atoms with Crippen LogP contribution in [0.3, 0.4) is 0 Å². The average molecular weight is 431 g/mol. The highest BCUT2D eigenvalue weighted by Gasteiger charge is 2.28. The smallest absolute Gasteiger partial charge is 0.326 e. The van der Waals surface area contributed by atoms with Gasteiger partial charge in [-0.25, -0.2) is 4.79 Å². The Morgan fingerprint density at radius 3 is 2.03 bits per heavy atom. The van der Waals surface area contributed by atoms with Gasteiger partial charge >= 0.3 is 11.9 Å². The first-order valence-corrected chi connectivity index (χ1v) is 9.08. The molecule has 170 valence electrons. The van der Waals surface area contributed by atoms with Crippen molar-refractivity contribution >= 4 is 35.6 Å². The summed E-state index contributed by atoms with van der Waals surface area (Å²) in [5.74, 6) is -4.93. The van der Waals surface area contributed by atoms with Crippen LogP contribution in [0, 0.1) is 0 Å². The predicted molar refractivity (Wildman–Crippen MR) is 105 cm³/mol. The van der Waals surface area contributed by atoms with Gasteiger partial charge < -0.3 is 43.4 Å². The Hall–Kier alpha value is -3.42. The van der Waals surface area contributed by atoms with E-state index in [0.29, 0.717) is 0 Å². The molecule has 0 fully saturated rings. The molecule has 3 amide bonds. The van der Waals surface area contributed by atoms with E-state index in [-0.39, 0.29) is 38.3 Å². The lowest BCUT2D eigenvalue weighted by atomic mass is 10.1. The number of aliphatic carboxylic acids is 2. The summed E-state index contributed by atoms with van der Waals surface area (Å²) < 4.78 is 0. The van der Waals surface area contributed by atoms with Gasteiger partial charge in [0.05, 0.1) is 6.54 Å². The molecule has 0 rings (SSSR count). The van der Waals surface area contributed by atoms with Crippen LogP contribution in [0.25, 0.3) is 0 Å². The predicted octanol–water partition coefficient (Wildman–Crippen LogP) is -3.58. The van der Waals surface area contributed by atoms with E-state index < -0.39 is 54.2 Å². The zero-order chi connectivity index (χ0) is 23.3. The van der Waals surface area contributed by atoms with Gasteiger partial charge in [-0.3, -0.25) is 24.2 Å². The van der Waals surface area contributed by atoms with Crippen molar-refractivity contribution in [2.24, 2.45) is 22.2 Å². The number of carboxylic acids is 2. The Kier molecular flexibility index (Phi) is 12.1. The number of nitrogens with two attached hydrogens (primary N) is 3. The van der Waals surface area contributed by atoms with Gasteiger partial charge in [-0.1, -0.05) is 0 Å². The van der Waals surface area contributed by atoms with E-state index >= 15 is 0 Å². The highest BCUT2D eigenvalue weighted by molar-refractivity contribution is 5.93. The van der Waals surface area contributed by atoms with E-state index in [4.69, 9.17) is 22.3 Å². The van der Waals surface area contributed by atoms with Crippen LogP contribution in [0.2, 0.25) is 0 Å². The summed E-state index contributed by atoms with van der Waals surface area (Å²) in [5, 5.41) is 25.0. The molecule has 0 saturated heterocycles. The van der Waals surface area contributed by atoms with Gasteiger partial charge in [-0.15, -0.1) is 0 Å². The lowest BCUT2D eigenvalue weighted by Gasteiger charge is -2.23. The number of carboxylic acid groups (broad SMARTS) is 2. The number of hydrogen-bond donors (Lipinski definition) is 8. The Balaban J connectivity index is 5.09. The highest BCUT2D eigenvalue weighted by Crippen LogP contribution is 2.04. The van der Waals surface area contributed by atoms with Crippen molar-refractivity contribution in [3.8, 4) is 0 Å². The van der Waals surface area contributed by atoms with Gasteiger partial charge in [0.25, 0.3) is 0 Å². The van der Waals surface area contributed by atoms with Crippen molar-refractivity contribution < 1.29 is 34.2 Å². The van der Waals surface area contributed by atoms with Crippen LogP contribution in [0.1, 0.15) is 32.6 Å². The van der Waals surface area contributed by atoms with Gasteiger partial charge in [0.1, 0.15) is 18.1 Å². The van der Waals surface area contributed by atoms with Crippen molar-refractivity contribution in [3.05, 3.63) is 0 Å². The Morgan fingerprint density at radius 2 is 1.53 bits per heavy atom. The van der Waals surface area contributed by atoms with Crippen molar-refractivity contribution in [3.63, 3.8) is 0 Å². The summed E-state index contributed by atoms with van der Waals surface area (Å²) in [7, 11) is 0. The fourth-order valence-corrected chi connectivity index (χ4v) is 2.23. The molecule has 14 nitrogen and oxygen atoms in total. The molecule has 30 heavy (non-hydrogen) atoms. The summed E-state index contributed by atoms with van der Waals surface area (Å²) in [5.41, 5.74) is 15.5. The quantitative estimate of drug-likeness (QED) is 0.0762. The third-order valence-corrected chi connectivity index (χ3v) is 3.80. The third kappa shape index (κ3) is 11.4. The molecular formula is C16H29N7O7. The van der Waals surface area contributed by atoms with E-state index in [9.17, 15) is 29.1 Å². The van der Waals surface area contributed by atoms with Crippen LogP contribution in [0.15, 0.2) is 4.99 Å². The van der Waals surface area contributed by atoms with E-state index in [1.54, 1.807) is 0 Å². The largest absolute Gasteiger partial charge is 0.481 e. The Bertz CT molecular complexity index is 664. The summed E-state index contributed by atoms with van der Waals surface area (Å²) in [4.78, 5) is 61.9. The molecule has 0 radical (unpaired) electrons. The minimum Gasteiger partial charge on any atom is -0.481 e. The van der Waals surface area contributed by atoms with Crippen molar-refractivity contribution in [2.45, 2.75) is 50.7 Å². The molecule has 0 aliphatic carbocycles. The number of amides is 3. The van der Waals surface area contributed by atoms with E-state index in [1.807, 2.05) is 0 Å². The maximum atomic E-state index is 12.5. The molecule has 0 aromatic heterocycles. The summed E-state index contributed by atoms with van der Waals surface area (Å²) in [6.07, 6.45) is -0.487. The molecule has 0 saturated carbocycles. The number of guanidine groups is 1. The molecule has 0 aromatic carbocycles. The monoisotopic (exact) mass is 431 g/mol. The van der Waals surface area contributed by atoms with Gasteiger partial charge in [-0.2, -0.15) is 0 Å². The van der Waals surface area contributed by atoms with E-state index in [2.05, 4.69) is 20.9 Å². The normalized spacial score (nSPS) is 13.3. The number of aliphatic imine (C=N–C) groups is 1. The zero-order valence-electron chi connectivity index (χ0n) is 16.6. The standard InChI is InChI=1S/C16H29N7O7/c1-8(21-11(24)7-17)13(27)22-9(4-5-12(25)26)14(28)23-10(15(29)30)3-2-6-20-16(18)19/h8-10H,2-7,17H2,1H3,(H,21,24)(H,22,27)(H,23,28)(H,25,26)(H,29,30)(H4,18,19,20). The lowest BCUT2D eigenvalue weighted by molar-refractivity contribution is -0.143. The van der Waals surface area contributed by atoms with Gasteiger partial charge in [0.2, 0.25) is 17.7 Å². The SMILES string of the molecule is CC(NC(=O)CN)C(=O)NC(CCC(=O)O)C(=O)NC(CCCN=C(N)N)C(=O)O. The summed E-state index contributed by atoms with van der Waals surface area (Å²) in [6, 6.07) is -3.67. The molecular weight excluding hydrogens is 402 g/mol. The second-order valence-electron chi connectivity index (χ2n) is 6.34. The van der Waals surface area contributed by atoms with Crippen LogP contribution >= 0.6 is 0 Å². The fraction of sp³-hybridized carbons (Fsp3) is 0.625. The maximum absolute atomic E-state index is 12.5. The second kappa shape index (κ2) is 13.7. The van der Waals surface area contributed by atoms with E-state index in [0.717, 1.165) is 0 Å². The number of hydrogen-bond acceptors (Lipinski definition) is 7. The van der Waals surface area contributed by atoms with Crippen molar-refractivity contribution in [2.75, 3.05) is 13.1 Å². The first-order valence-electron chi connectivity index (χ1n) is 9.08. The molecule has 0 bridgehead atoms.